The molecule has 98 valence electrons. The minimum Gasteiger partial charge on any atom is -0.266 e. The first-order chi connectivity index (χ1) is 9.09. The summed E-state index contributed by atoms with van der Waals surface area (Å²) in [4.78, 5) is 16.8. The summed E-state index contributed by atoms with van der Waals surface area (Å²) in [6, 6.07) is 5.55. The van der Waals surface area contributed by atoms with Crippen molar-refractivity contribution in [2.24, 2.45) is 5.10 Å². The summed E-state index contributed by atoms with van der Waals surface area (Å²) in [5, 5.41) is 9.33. The first-order valence-electron chi connectivity index (χ1n) is 5.63. The zero-order valence-electron chi connectivity index (χ0n) is 10.9. The SMILES string of the molecule is C/C(=N\N(C)C(=O)c1snnc1C)c1ccccn1. The number of carbonyl (C=O) groups is 1. The molecule has 0 spiro atoms. The minimum atomic E-state index is -0.220. The highest BCUT2D eigenvalue weighted by molar-refractivity contribution is 7.07. The van der Waals surface area contributed by atoms with Gasteiger partial charge in [-0.1, -0.05) is 10.6 Å². The Kier molecular flexibility index (Phi) is 3.96. The summed E-state index contributed by atoms with van der Waals surface area (Å²) >= 11 is 1.07. The molecule has 6 nitrogen and oxygen atoms in total. The van der Waals surface area contributed by atoms with Crippen molar-refractivity contribution < 1.29 is 4.79 Å². The molecule has 0 aromatic carbocycles. The number of aryl methyl sites for hydroxylation is 1. The number of nitrogens with zero attached hydrogens (tertiary/aromatic N) is 5. The van der Waals surface area contributed by atoms with Crippen LogP contribution in [0.2, 0.25) is 0 Å². The molecular formula is C12H13N5OS. The fraction of sp³-hybridized carbons (Fsp3) is 0.250. The number of aromatic nitrogens is 3. The van der Waals surface area contributed by atoms with Gasteiger partial charge in [0.2, 0.25) is 0 Å². The predicted molar refractivity (Wildman–Crippen MR) is 73.2 cm³/mol. The third-order valence-electron chi connectivity index (χ3n) is 2.48. The molecule has 0 radical (unpaired) electrons. The Morgan fingerprint density at radius 1 is 1.42 bits per heavy atom. The van der Waals surface area contributed by atoms with Gasteiger partial charge in [0.05, 0.1) is 17.1 Å². The van der Waals surface area contributed by atoms with Crippen molar-refractivity contribution in [3.8, 4) is 0 Å². The van der Waals surface area contributed by atoms with Crippen molar-refractivity contribution >= 4 is 23.2 Å². The Balaban J connectivity index is 2.19. The maximum atomic E-state index is 12.1. The smallest absolute Gasteiger partial charge is 0.266 e. The summed E-state index contributed by atoms with van der Waals surface area (Å²) in [6.07, 6.45) is 1.69. The van der Waals surface area contributed by atoms with Gasteiger partial charge in [0.15, 0.2) is 0 Å². The van der Waals surface area contributed by atoms with E-state index < -0.39 is 0 Å². The third-order valence-corrected chi connectivity index (χ3v) is 3.29. The minimum absolute atomic E-state index is 0.220. The van der Waals surface area contributed by atoms with Gasteiger partial charge in [0.1, 0.15) is 4.88 Å². The van der Waals surface area contributed by atoms with Crippen LogP contribution in [0, 0.1) is 6.92 Å². The van der Waals surface area contributed by atoms with E-state index in [0.29, 0.717) is 16.3 Å². The maximum Gasteiger partial charge on any atom is 0.287 e. The number of carbonyl (C=O) groups excluding carboxylic acids is 1. The van der Waals surface area contributed by atoms with Crippen LogP contribution in [0.3, 0.4) is 0 Å². The van der Waals surface area contributed by atoms with E-state index in [1.165, 1.54) is 5.01 Å². The average Bonchev–Trinajstić information content (AvgIpc) is 2.85. The topological polar surface area (TPSA) is 71.3 Å². The van der Waals surface area contributed by atoms with Crippen molar-refractivity contribution in [3.05, 3.63) is 40.7 Å². The quantitative estimate of drug-likeness (QED) is 0.632. The van der Waals surface area contributed by atoms with Gasteiger partial charge in [0, 0.05) is 13.2 Å². The molecule has 0 saturated heterocycles. The monoisotopic (exact) mass is 275 g/mol. The second-order valence-electron chi connectivity index (χ2n) is 3.92. The molecule has 19 heavy (non-hydrogen) atoms. The van der Waals surface area contributed by atoms with E-state index in [9.17, 15) is 4.79 Å². The number of rotatable bonds is 3. The number of hydrazone groups is 1. The Labute approximate surface area is 115 Å². The van der Waals surface area contributed by atoms with Gasteiger partial charge in [-0.2, -0.15) is 5.10 Å². The van der Waals surface area contributed by atoms with E-state index in [0.717, 1.165) is 17.2 Å². The standard InChI is InChI=1S/C12H13N5OS/c1-8(10-6-4-5-7-13-10)15-17(3)12(18)11-9(2)14-16-19-11/h4-7H,1-3H3/b15-8+. The zero-order valence-corrected chi connectivity index (χ0v) is 11.7. The van der Waals surface area contributed by atoms with E-state index in [1.807, 2.05) is 25.1 Å². The molecule has 0 aliphatic rings. The molecule has 0 atom stereocenters. The molecular weight excluding hydrogens is 262 g/mol. The van der Waals surface area contributed by atoms with Gasteiger partial charge in [-0.3, -0.25) is 9.78 Å². The average molecular weight is 275 g/mol. The number of pyridine rings is 1. The Morgan fingerprint density at radius 2 is 2.21 bits per heavy atom. The lowest BCUT2D eigenvalue weighted by molar-refractivity contribution is 0.0803. The molecule has 0 unspecified atom stereocenters. The molecule has 0 saturated carbocycles. The van der Waals surface area contributed by atoms with Gasteiger partial charge in [-0.05, 0) is 37.5 Å². The van der Waals surface area contributed by atoms with Gasteiger partial charge >= 0.3 is 0 Å². The number of hydrogen-bond acceptors (Lipinski definition) is 6. The predicted octanol–water partition coefficient (Wildman–Crippen LogP) is 1.74. The zero-order chi connectivity index (χ0) is 13.8. The summed E-state index contributed by atoms with van der Waals surface area (Å²) in [6.45, 7) is 3.56. The van der Waals surface area contributed by atoms with Crippen molar-refractivity contribution in [1.29, 1.82) is 0 Å². The Bertz CT molecular complexity index is 608. The van der Waals surface area contributed by atoms with Crippen molar-refractivity contribution in [2.45, 2.75) is 13.8 Å². The fourth-order valence-corrected chi connectivity index (χ4v) is 2.10. The molecule has 0 aliphatic carbocycles. The summed E-state index contributed by atoms with van der Waals surface area (Å²) in [5.41, 5.74) is 2.03. The maximum absolute atomic E-state index is 12.1. The van der Waals surface area contributed by atoms with E-state index in [-0.39, 0.29) is 5.91 Å². The van der Waals surface area contributed by atoms with Crippen LogP contribution in [-0.2, 0) is 0 Å². The second-order valence-corrected chi connectivity index (χ2v) is 4.67. The highest BCUT2D eigenvalue weighted by Gasteiger charge is 2.17. The van der Waals surface area contributed by atoms with Crippen molar-refractivity contribution in [3.63, 3.8) is 0 Å². The number of hydrogen-bond donors (Lipinski definition) is 0. The lowest BCUT2D eigenvalue weighted by Gasteiger charge is -2.11. The molecule has 2 aromatic rings. The Hall–Kier alpha value is -2.15. The Morgan fingerprint density at radius 3 is 2.79 bits per heavy atom. The van der Waals surface area contributed by atoms with E-state index in [2.05, 4.69) is 19.7 Å². The third kappa shape index (κ3) is 3.00. The van der Waals surface area contributed by atoms with Gasteiger partial charge in [-0.25, -0.2) is 5.01 Å². The molecule has 2 heterocycles. The second kappa shape index (κ2) is 5.66. The van der Waals surface area contributed by atoms with Crippen LogP contribution in [0.5, 0.6) is 0 Å². The van der Waals surface area contributed by atoms with E-state index in [1.54, 1.807) is 20.2 Å². The molecule has 0 N–H and O–H groups in total. The van der Waals surface area contributed by atoms with Crippen molar-refractivity contribution in [1.82, 2.24) is 19.6 Å². The molecule has 7 heteroatoms. The normalized spacial score (nSPS) is 11.4. The van der Waals surface area contributed by atoms with Crippen LogP contribution < -0.4 is 0 Å². The van der Waals surface area contributed by atoms with Crippen LogP contribution in [-0.4, -0.2) is 38.2 Å². The highest BCUT2D eigenvalue weighted by atomic mass is 32.1. The molecule has 1 amide bonds. The highest BCUT2D eigenvalue weighted by Crippen LogP contribution is 2.12. The first-order valence-corrected chi connectivity index (χ1v) is 6.40. The van der Waals surface area contributed by atoms with Gasteiger partial charge < -0.3 is 0 Å². The van der Waals surface area contributed by atoms with Gasteiger partial charge in [0.25, 0.3) is 5.91 Å². The lowest BCUT2D eigenvalue weighted by atomic mass is 10.3. The lowest BCUT2D eigenvalue weighted by Crippen LogP contribution is -2.22. The molecule has 0 aliphatic heterocycles. The largest absolute Gasteiger partial charge is 0.287 e. The summed E-state index contributed by atoms with van der Waals surface area (Å²) in [5.74, 6) is -0.220. The van der Waals surface area contributed by atoms with E-state index in [4.69, 9.17) is 0 Å². The van der Waals surface area contributed by atoms with Crippen LogP contribution in [0.4, 0.5) is 0 Å². The van der Waals surface area contributed by atoms with Gasteiger partial charge in [-0.15, -0.1) is 5.10 Å². The summed E-state index contributed by atoms with van der Waals surface area (Å²) in [7, 11) is 1.61. The summed E-state index contributed by atoms with van der Waals surface area (Å²) < 4.78 is 3.75. The van der Waals surface area contributed by atoms with E-state index >= 15 is 0 Å². The first kappa shape index (κ1) is 13.3. The van der Waals surface area contributed by atoms with Crippen molar-refractivity contribution in [2.75, 3.05) is 7.05 Å². The van der Waals surface area contributed by atoms with Crippen LogP contribution in [0.25, 0.3) is 0 Å². The van der Waals surface area contributed by atoms with Crippen LogP contribution >= 0.6 is 11.5 Å². The molecule has 2 aromatic heterocycles. The van der Waals surface area contributed by atoms with Crippen LogP contribution in [0.1, 0.15) is 28.0 Å². The fourth-order valence-electron chi connectivity index (χ4n) is 1.47. The molecule has 0 bridgehead atoms. The molecule has 2 rings (SSSR count). The van der Waals surface area contributed by atoms with Crippen LogP contribution in [0.15, 0.2) is 29.5 Å². The molecule has 0 fully saturated rings. The number of amides is 1.